The zero-order chi connectivity index (χ0) is 74.3. The van der Waals surface area contributed by atoms with Crippen LogP contribution >= 0.6 is 0 Å². The van der Waals surface area contributed by atoms with Crippen LogP contribution in [0.3, 0.4) is 0 Å². The van der Waals surface area contributed by atoms with Gasteiger partial charge in [-0.1, -0.05) is 248 Å². The molecule has 0 aromatic heterocycles. The van der Waals surface area contributed by atoms with Gasteiger partial charge in [0.15, 0.2) is 0 Å². The molecule has 1 atom stereocenters. The zero-order valence-corrected chi connectivity index (χ0v) is 67.1. The lowest BCUT2D eigenvalue weighted by atomic mass is 9.74. The standard InChI is InChI=1S/C54H78O3.C37H52O3/c1-31-37(22-34-25-40(49(4,5)6)46(55)41(26-34)50(7,8)9)32(2)39(24-36-29-44(53(16,17)18)48(57)45(30-36)54(19,20)21)33(3)38(31)23-35-27-42(51(10,11)12)47(56)43(28-35)52(13,14)15;1-21(25-18-29(35(5,6)7)32(38)15-22(25)2)14-28(26-19-30(36(8,9)10)33(39)16-23(26)3)27-20-31(37(11,12)13)34(40)17-24(27)4/h25-30,55-57H,22-24H2,1-21H3;15-21,28,38-40H,14H2,1-13H3. The fraction of sp³-hybridized carbons (Fsp3) is 0.538. The van der Waals surface area contributed by atoms with E-state index in [1.165, 1.54) is 66.8 Å². The Labute approximate surface area is 589 Å². The molecular formula is C91H130O6. The molecule has 6 N–H and O–H groups in total. The van der Waals surface area contributed by atoms with E-state index in [1.54, 1.807) is 0 Å². The average molecular weight is 1320 g/mol. The summed E-state index contributed by atoms with van der Waals surface area (Å²) in [5, 5.41) is 67.5. The molecule has 0 bridgehead atoms. The van der Waals surface area contributed by atoms with E-state index in [4.69, 9.17) is 0 Å². The predicted molar refractivity (Wildman–Crippen MR) is 415 cm³/mol. The van der Waals surface area contributed by atoms with Gasteiger partial charge < -0.3 is 30.6 Å². The summed E-state index contributed by atoms with van der Waals surface area (Å²) in [6.45, 7) is 73.9. The summed E-state index contributed by atoms with van der Waals surface area (Å²) in [6, 6.07) is 25.8. The van der Waals surface area contributed by atoms with E-state index in [-0.39, 0.29) is 60.6 Å². The van der Waals surface area contributed by atoms with Crippen molar-refractivity contribution < 1.29 is 30.6 Å². The number of phenolic OH excluding ortho intramolecular Hbond substituents is 6. The predicted octanol–water partition coefficient (Wildman–Crippen LogP) is 24.2. The van der Waals surface area contributed by atoms with E-state index < -0.39 is 0 Å². The molecule has 0 saturated heterocycles. The number of aryl methyl sites for hydroxylation is 3. The molecule has 7 aromatic rings. The Hall–Kier alpha value is -6.66. The van der Waals surface area contributed by atoms with Gasteiger partial charge in [0.05, 0.1) is 0 Å². The Balaban J connectivity index is 0.000000326. The Kier molecular flexibility index (Phi) is 22.5. The van der Waals surface area contributed by atoms with E-state index in [9.17, 15) is 30.6 Å². The maximum Gasteiger partial charge on any atom is 0.123 e. The maximum atomic E-state index is 11.6. The molecule has 7 aromatic carbocycles. The van der Waals surface area contributed by atoms with Crippen LogP contribution in [0.1, 0.15) is 346 Å². The Morgan fingerprint density at radius 2 is 0.443 bits per heavy atom. The first kappa shape index (κ1) is 79.3. The minimum absolute atomic E-state index is 0.0460. The molecule has 0 aliphatic carbocycles. The second-order valence-electron chi connectivity index (χ2n) is 38.6. The van der Waals surface area contributed by atoms with Crippen molar-refractivity contribution in [3.63, 3.8) is 0 Å². The van der Waals surface area contributed by atoms with Crippen molar-refractivity contribution in [2.75, 3.05) is 0 Å². The van der Waals surface area contributed by atoms with Crippen molar-refractivity contribution in [3.05, 3.63) is 206 Å². The Morgan fingerprint density at radius 3 is 0.639 bits per heavy atom. The first-order chi connectivity index (χ1) is 43.7. The van der Waals surface area contributed by atoms with Crippen molar-refractivity contribution in [1.29, 1.82) is 0 Å². The number of rotatable bonds is 11. The van der Waals surface area contributed by atoms with Crippen molar-refractivity contribution in [2.45, 2.75) is 322 Å². The molecule has 0 spiro atoms. The molecule has 0 aliphatic rings. The lowest BCUT2D eigenvalue weighted by Crippen LogP contribution is -2.19. The van der Waals surface area contributed by atoms with Gasteiger partial charge in [0.2, 0.25) is 0 Å². The topological polar surface area (TPSA) is 121 Å². The van der Waals surface area contributed by atoms with Crippen LogP contribution in [0.2, 0.25) is 0 Å². The summed E-state index contributed by atoms with van der Waals surface area (Å²) in [7, 11) is 0. The van der Waals surface area contributed by atoms with Crippen molar-refractivity contribution in [1.82, 2.24) is 0 Å². The smallest absolute Gasteiger partial charge is 0.123 e. The summed E-state index contributed by atoms with van der Waals surface area (Å²) >= 11 is 0. The molecule has 0 radical (unpaired) electrons. The van der Waals surface area contributed by atoms with Crippen LogP contribution in [0.5, 0.6) is 34.5 Å². The van der Waals surface area contributed by atoms with Crippen LogP contribution in [0.4, 0.5) is 0 Å². The number of hydrogen-bond acceptors (Lipinski definition) is 6. The third-order valence-corrected chi connectivity index (χ3v) is 20.7. The van der Waals surface area contributed by atoms with E-state index in [0.717, 1.165) is 92.4 Å². The van der Waals surface area contributed by atoms with Crippen LogP contribution in [0.15, 0.2) is 72.8 Å². The Bertz CT molecular complexity index is 3620. The average Bonchev–Trinajstić information content (AvgIpc) is 0.767. The van der Waals surface area contributed by atoms with Gasteiger partial charge in [0, 0.05) is 5.92 Å². The van der Waals surface area contributed by atoms with Crippen LogP contribution in [-0.4, -0.2) is 30.6 Å². The highest BCUT2D eigenvalue weighted by Crippen LogP contribution is 2.49. The van der Waals surface area contributed by atoms with Gasteiger partial charge in [-0.15, -0.1) is 0 Å². The number of hydrogen-bond donors (Lipinski definition) is 6. The monoisotopic (exact) mass is 1320 g/mol. The highest BCUT2D eigenvalue weighted by atomic mass is 16.3. The molecule has 0 saturated carbocycles. The molecule has 0 amide bonds. The maximum absolute atomic E-state index is 11.6. The van der Waals surface area contributed by atoms with Gasteiger partial charge in [-0.3, -0.25) is 0 Å². The molecule has 1 unspecified atom stereocenters. The molecule has 6 heteroatoms. The fourth-order valence-corrected chi connectivity index (χ4v) is 14.7. The number of aromatic hydroxyl groups is 6. The first-order valence-electron chi connectivity index (χ1n) is 35.9. The van der Waals surface area contributed by atoms with Gasteiger partial charge in [-0.25, -0.2) is 0 Å². The minimum atomic E-state index is -0.226. The van der Waals surface area contributed by atoms with Gasteiger partial charge in [-0.05, 0) is 274 Å². The van der Waals surface area contributed by atoms with Crippen molar-refractivity contribution >= 4 is 0 Å². The highest BCUT2D eigenvalue weighted by Gasteiger charge is 2.34. The third-order valence-electron chi connectivity index (χ3n) is 20.7. The molecule has 6 nitrogen and oxygen atoms in total. The number of benzene rings is 7. The summed E-state index contributed by atoms with van der Waals surface area (Å²) < 4.78 is 0. The van der Waals surface area contributed by atoms with Crippen molar-refractivity contribution in [2.24, 2.45) is 0 Å². The molecule has 530 valence electrons. The fourth-order valence-electron chi connectivity index (χ4n) is 14.7. The minimum Gasteiger partial charge on any atom is -0.508 e. The van der Waals surface area contributed by atoms with E-state index in [1.807, 2.05) is 18.2 Å². The van der Waals surface area contributed by atoms with Crippen molar-refractivity contribution in [3.8, 4) is 34.5 Å². The van der Waals surface area contributed by atoms with Gasteiger partial charge in [0.1, 0.15) is 34.5 Å². The highest BCUT2D eigenvalue weighted by molar-refractivity contribution is 5.61. The number of phenols is 6. The largest absolute Gasteiger partial charge is 0.508 e. The molecule has 0 aliphatic heterocycles. The van der Waals surface area contributed by atoms with Crippen LogP contribution in [0.25, 0.3) is 0 Å². The summed E-state index contributed by atoms with van der Waals surface area (Å²) in [5.41, 5.74) is 25.2. The van der Waals surface area contributed by atoms with Crippen LogP contribution in [0, 0.1) is 41.5 Å². The van der Waals surface area contributed by atoms with Gasteiger partial charge >= 0.3 is 0 Å². The second-order valence-corrected chi connectivity index (χ2v) is 38.6. The lowest BCUT2D eigenvalue weighted by Gasteiger charge is -2.31. The Morgan fingerprint density at radius 1 is 0.258 bits per heavy atom. The van der Waals surface area contributed by atoms with Gasteiger partial charge in [0.25, 0.3) is 0 Å². The van der Waals surface area contributed by atoms with E-state index >= 15 is 0 Å². The second kappa shape index (κ2) is 27.5. The normalized spacial score (nSPS) is 13.5. The molecule has 7 rings (SSSR count). The summed E-state index contributed by atoms with van der Waals surface area (Å²) in [4.78, 5) is 0. The summed E-state index contributed by atoms with van der Waals surface area (Å²) in [5.74, 6) is 2.49. The molecule has 97 heavy (non-hydrogen) atoms. The van der Waals surface area contributed by atoms with Crippen LogP contribution in [-0.2, 0) is 68.0 Å². The quantitative estimate of drug-likeness (QED) is 0.0767. The zero-order valence-electron chi connectivity index (χ0n) is 67.1. The van der Waals surface area contributed by atoms with Gasteiger partial charge in [-0.2, -0.15) is 0 Å². The molecule has 0 heterocycles. The van der Waals surface area contributed by atoms with E-state index in [0.29, 0.717) is 34.5 Å². The lowest BCUT2D eigenvalue weighted by molar-refractivity contribution is 0.422. The first-order valence-corrected chi connectivity index (χ1v) is 35.9. The third kappa shape index (κ3) is 17.9. The van der Waals surface area contributed by atoms with Crippen LogP contribution < -0.4 is 0 Å². The molecule has 0 fully saturated rings. The SMILES string of the molecule is Cc1c(Cc2cc(C(C)(C)C)c(O)c(C(C)(C)C)c2)c(C)c(Cc2cc(C(C)(C)C)c(O)c(C(C)(C)C)c2)c(C)c1Cc1cc(C(C)(C)C)c(O)c(C(C)(C)C)c1.Cc1cc(O)c(C(C)(C)C)cc1C(C)CC(c1cc(C(C)(C)C)c(O)cc1C)c1cc(C(C)(C)C)c(O)cc1C. The van der Waals surface area contributed by atoms with E-state index in [2.05, 4.69) is 290 Å². The molecular weight excluding hydrogens is 1190 g/mol. The summed E-state index contributed by atoms with van der Waals surface area (Å²) in [6.07, 6.45) is 3.09.